The van der Waals surface area contributed by atoms with E-state index in [1.807, 2.05) is 17.9 Å². The van der Waals surface area contributed by atoms with Crippen LogP contribution in [0.4, 0.5) is 0 Å². The highest BCUT2D eigenvalue weighted by Gasteiger charge is 2.21. The molecule has 1 aliphatic rings. The van der Waals surface area contributed by atoms with Crippen LogP contribution in [0.25, 0.3) is 0 Å². The highest BCUT2D eigenvalue weighted by Crippen LogP contribution is 2.27. The molecule has 0 aromatic carbocycles. The largest absolute Gasteiger partial charge is 0.299 e. The SMILES string of the molecule is C=C(C)CN1CCC(c2cnn(C)c2)CC1. The molecule has 0 radical (unpaired) electrons. The Morgan fingerprint density at radius 3 is 2.69 bits per heavy atom. The number of aryl methyl sites for hydroxylation is 1. The predicted molar refractivity (Wildman–Crippen MR) is 66.4 cm³/mol. The quantitative estimate of drug-likeness (QED) is 0.727. The summed E-state index contributed by atoms with van der Waals surface area (Å²) in [6, 6.07) is 0. The van der Waals surface area contributed by atoms with Crippen molar-refractivity contribution in [3.05, 3.63) is 30.1 Å². The first-order chi connectivity index (χ1) is 7.65. The summed E-state index contributed by atoms with van der Waals surface area (Å²) in [7, 11) is 1.99. The molecular weight excluding hydrogens is 198 g/mol. The van der Waals surface area contributed by atoms with Gasteiger partial charge in [0.15, 0.2) is 0 Å². The highest BCUT2D eigenvalue weighted by atomic mass is 15.2. The molecule has 0 amide bonds. The number of hydrogen-bond acceptors (Lipinski definition) is 2. The van der Waals surface area contributed by atoms with Crippen LogP contribution < -0.4 is 0 Å². The van der Waals surface area contributed by atoms with Crippen LogP contribution in [0.15, 0.2) is 24.5 Å². The van der Waals surface area contributed by atoms with E-state index in [-0.39, 0.29) is 0 Å². The van der Waals surface area contributed by atoms with Gasteiger partial charge in [-0.1, -0.05) is 12.2 Å². The number of aromatic nitrogens is 2. The molecule has 3 heteroatoms. The van der Waals surface area contributed by atoms with Crippen LogP contribution in [0.3, 0.4) is 0 Å². The summed E-state index contributed by atoms with van der Waals surface area (Å²) in [5.74, 6) is 0.704. The smallest absolute Gasteiger partial charge is 0.0524 e. The fourth-order valence-electron chi connectivity index (χ4n) is 2.46. The number of likely N-dealkylation sites (tertiary alicyclic amines) is 1. The van der Waals surface area contributed by atoms with Gasteiger partial charge in [0.2, 0.25) is 0 Å². The lowest BCUT2D eigenvalue weighted by Crippen LogP contribution is -2.33. The molecule has 0 spiro atoms. The Hall–Kier alpha value is -1.09. The molecule has 0 unspecified atom stereocenters. The molecule has 0 saturated carbocycles. The van der Waals surface area contributed by atoms with Crippen molar-refractivity contribution in [2.45, 2.75) is 25.7 Å². The molecule has 2 rings (SSSR count). The summed E-state index contributed by atoms with van der Waals surface area (Å²) < 4.78 is 1.90. The minimum Gasteiger partial charge on any atom is -0.299 e. The molecule has 1 aliphatic heterocycles. The lowest BCUT2D eigenvalue weighted by atomic mass is 9.91. The first-order valence-corrected chi connectivity index (χ1v) is 6.00. The third kappa shape index (κ3) is 2.73. The average molecular weight is 219 g/mol. The van der Waals surface area contributed by atoms with Crippen LogP contribution in [0, 0.1) is 0 Å². The van der Waals surface area contributed by atoms with Gasteiger partial charge in [-0.25, -0.2) is 0 Å². The summed E-state index contributed by atoms with van der Waals surface area (Å²) in [6.07, 6.45) is 6.66. The minimum absolute atomic E-state index is 0.704. The van der Waals surface area contributed by atoms with Crippen LogP contribution in [0.1, 0.15) is 31.2 Å². The monoisotopic (exact) mass is 219 g/mol. The van der Waals surface area contributed by atoms with Crippen molar-refractivity contribution in [3.8, 4) is 0 Å². The van der Waals surface area contributed by atoms with Crippen molar-refractivity contribution < 1.29 is 0 Å². The molecule has 2 heterocycles. The van der Waals surface area contributed by atoms with Gasteiger partial charge >= 0.3 is 0 Å². The standard InChI is InChI=1S/C13H21N3/c1-11(2)9-16-6-4-12(5-7-16)13-8-14-15(3)10-13/h8,10,12H,1,4-7,9H2,2-3H3. The van der Waals surface area contributed by atoms with Crippen LogP contribution in [-0.2, 0) is 7.05 Å². The van der Waals surface area contributed by atoms with Crippen LogP contribution in [-0.4, -0.2) is 34.3 Å². The van der Waals surface area contributed by atoms with Gasteiger partial charge in [-0.3, -0.25) is 9.58 Å². The van der Waals surface area contributed by atoms with E-state index in [1.54, 1.807) is 0 Å². The molecule has 1 fully saturated rings. The summed E-state index contributed by atoms with van der Waals surface area (Å²) in [5, 5.41) is 4.25. The first kappa shape index (κ1) is 11.4. The van der Waals surface area contributed by atoms with Crippen LogP contribution in [0.5, 0.6) is 0 Å². The van der Waals surface area contributed by atoms with Gasteiger partial charge in [0.1, 0.15) is 0 Å². The van der Waals surface area contributed by atoms with E-state index in [0.717, 1.165) is 6.54 Å². The van der Waals surface area contributed by atoms with E-state index in [1.165, 1.54) is 37.1 Å². The number of rotatable bonds is 3. The second-order valence-electron chi connectivity index (χ2n) is 4.95. The van der Waals surface area contributed by atoms with Gasteiger partial charge in [0.05, 0.1) is 6.20 Å². The van der Waals surface area contributed by atoms with E-state index < -0.39 is 0 Å². The van der Waals surface area contributed by atoms with Gasteiger partial charge in [-0.05, 0) is 44.3 Å². The summed E-state index contributed by atoms with van der Waals surface area (Å²) in [5.41, 5.74) is 2.66. The van der Waals surface area contributed by atoms with Gasteiger partial charge < -0.3 is 0 Å². The molecule has 0 N–H and O–H groups in total. The molecule has 3 nitrogen and oxygen atoms in total. The number of piperidine rings is 1. The van der Waals surface area contributed by atoms with Crippen molar-refractivity contribution in [3.63, 3.8) is 0 Å². The predicted octanol–water partition coefficient (Wildman–Crippen LogP) is 2.18. The molecule has 0 atom stereocenters. The maximum atomic E-state index is 4.25. The van der Waals surface area contributed by atoms with Crippen LogP contribution in [0.2, 0.25) is 0 Å². The zero-order chi connectivity index (χ0) is 11.5. The summed E-state index contributed by atoms with van der Waals surface area (Å²) in [4.78, 5) is 2.50. The average Bonchev–Trinajstić information content (AvgIpc) is 2.65. The minimum atomic E-state index is 0.704. The third-order valence-electron chi connectivity index (χ3n) is 3.28. The van der Waals surface area contributed by atoms with Crippen molar-refractivity contribution in [2.24, 2.45) is 7.05 Å². The zero-order valence-electron chi connectivity index (χ0n) is 10.3. The van der Waals surface area contributed by atoms with Crippen LogP contribution >= 0.6 is 0 Å². The Morgan fingerprint density at radius 1 is 1.50 bits per heavy atom. The molecule has 88 valence electrons. The summed E-state index contributed by atoms with van der Waals surface area (Å²) in [6.45, 7) is 9.51. The second-order valence-corrected chi connectivity index (χ2v) is 4.95. The number of nitrogens with zero attached hydrogens (tertiary/aromatic N) is 3. The molecule has 0 bridgehead atoms. The Labute approximate surface area is 97.8 Å². The maximum Gasteiger partial charge on any atom is 0.0524 e. The molecule has 1 saturated heterocycles. The second kappa shape index (κ2) is 4.83. The van der Waals surface area contributed by atoms with Gasteiger partial charge in [-0.2, -0.15) is 5.10 Å². The molecule has 0 aliphatic carbocycles. The van der Waals surface area contributed by atoms with E-state index in [4.69, 9.17) is 0 Å². The Morgan fingerprint density at radius 2 is 2.19 bits per heavy atom. The van der Waals surface area contributed by atoms with Crippen molar-refractivity contribution in [1.82, 2.24) is 14.7 Å². The maximum absolute atomic E-state index is 4.25. The van der Waals surface area contributed by atoms with Gasteiger partial charge in [0, 0.05) is 19.8 Å². The zero-order valence-corrected chi connectivity index (χ0v) is 10.3. The fraction of sp³-hybridized carbons (Fsp3) is 0.615. The van der Waals surface area contributed by atoms with Crippen molar-refractivity contribution in [1.29, 1.82) is 0 Å². The van der Waals surface area contributed by atoms with E-state index in [0.29, 0.717) is 5.92 Å². The van der Waals surface area contributed by atoms with E-state index in [9.17, 15) is 0 Å². The van der Waals surface area contributed by atoms with Gasteiger partial charge in [-0.15, -0.1) is 0 Å². The fourth-order valence-corrected chi connectivity index (χ4v) is 2.46. The van der Waals surface area contributed by atoms with E-state index in [2.05, 4.69) is 29.7 Å². The Bertz CT molecular complexity index is 359. The Kier molecular flexibility index (Phi) is 3.44. The number of hydrogen-bond donors (Lipinski definition) is 0. The van der Waals surface area contributed by atoms with E-state index >= 15 is 0 Å². The normalized spacial score (nSPS) is 18.9. The molecular formula is C13H21N3. The first-order valence-electron chi connectivity index (χ1n) is 6.00. The topological polar surface area (TPSA) is 21.1 Å². The lowest BCUT2D eigenvalue weighted by Gasteiger charge is -2.31. The van der Waals surface area contributed by atoms with Gasteiger partial charge in [0.25, 0.3) is 0 Å². The highest BCUT2D eigenvalue weighted by molar-refractivity contribution is 5.12. The molecule has 1 aromatic rings. The van der Waals surface area contributed by atoms with Crippen molar-refractivity contribution >= 4 is 0 Å². The molecule has 16 heavy (non-hydrogen) atoms. The molecule has 1 aromatic heterocycles. The lowest BCUT2D eigenvalue weighted by molar-refractivity contribution is 0.228. The third-order valence-corrected chi connectivity index (χ3v) is 3.28. The summed E-state index contributed by atoms with van der Waals surface area (Å²) >= 11 is 0. The van der Waals surface area contributed by atoms with Crippen molar-refractivity contribution in [2.75, 3.05) is 19.6 Å². The Balaban J connectivity index is 1.87.